The second kappa shape index (κ2) is 28.3. The Morgan fingerprint density at radius 1 is 0.350 bits per heavy atom. The van der Waals surface area contributed by atoms with Crippen molar-refractivity contribution in [2.24, 2.45) is 9.98 Å². The summed E-state index contributed by atoms with van der Waals surface area (Å²) in [7, 11) is 0. The molecule has 0 saturated heterocycles. The van der Waals surface area contributed by atoms with E-state index in [1.807, 2.05) is 61.0 Å². The van der Waals surface area contributed by atoms with Crippen LogP contribution in [0, 0.1) is 0 Å². The number of benzene rings is 4. The van der Waals surface area contributed by atoms with Gasteiger partial charge in [0.05, 0.1) is 51.0 Å². The highest BCUT2D eigenvalue weighted by molar-refractivity contribution is 5.89. The first kappa shape index (κ1) is 47.4. The van der Waals surface area contributed by atoms with Crippen molar-refractivity contribution in [3.8, 4) is 34.5 Å². The molecule has 0 aliphatic heterocycles. The number of unbranched alkanes of at least 4 members (excludes halogenated alkanes) is 6. The first-order valence-electron chi connectivity index (χ1n) is 22.6. The van der Waals surface area contributed by atoms with Gasteiger partial charge in [-0.2, -0.15) is 0 Å². The Balaban J connectivity index is 1.47. The molecular formula is C52H70N2O6. The fourth-order valence-corrected chi connectivity index (χ4v) is 5.87. The van der Waals surface area contributed by atoms with Gasteiger partial charge in [-0.1, -0.05) is 116 Å². The molecule has 0 fully saturated rings. The second-order valence-corrected chi connectivity index (χ2v) is 14.9. The molecule has 60 heavy (non-hydrogen) atoms. The van der Waals surface area contributed by atoms with Crippen molar-refractivity contribution in [1.29, 1.82) is 0 Å². The number of hydrogen-bond donors (Lipinski definition) is 0. The molecule has 8 heteroatoms. The first-order valence-corrected chi connectivity index (χ1v) is 22.6. The minimum absolute atomic E-state index is 0.603. The van der Waals surface area contributed by atoms with E-state index in [0.29, 0.717) is 62.6 Å². The van der Waals surface area contributed by atoms with Gasteiger partial charge >= 0.3 is 0 Å². The zero-order chi connectivity index (χ0) is 42.6. The Bertz CT molecular complexity index is 1750. The van der Waals surface area contributed by atoms with Crippen LogP contribution in [0.3, 0.4) is 0 Å². The predicted octanol–water partition coefficient (Wildman–Crippen LogP) is 14.4. The molecule has 8 nitrogen and oxygen atoms in total. The summed E-state index contributed by atoms with van der Waals surface area (Å²) in [6.07, 6.45) is 20.0. The van der Waals surface area contributed by atoms with Crippen LogP contribution < -0.4 is 28.4 Å². The first-order chi connectivity index (χ1) is 29.5. The van der Waals surface area contributed by atoms with Gasteiger partial charge in [-0.25, -0.2) is 0 Å². The predicted molar refractivity (Wildman–Crippen MR) is 252 cm³/mol. The maximum atomic E-state index is 6.34. The Labute approximate surface area is 361 Å². The molecule has 0 heterocycles. The molecule has 0 atom stereocenters. The second-order valence-electron chi connectivity index (χ2n) is 14.9. The summed E-state index contributed by atoms with van der Waals surface area (Å²) in [5, 5.41) is 0. The summed E-state index contributed by atoms with van der Waals surface area (Å²) in [4.78, 5) is 9.64. The van der Waals surface area contributed by atoms with Crippen molar-refractivity contribution in [2.45, 2.75) is 119 Å². The van der Waals surface area contributed by atoms with E-state index >= 15 is 0 Å². The minimum atomic E-state index is 0.603. The number of nitrogens with zero attached hydrogens (tertiary/aromatic N) is 2. The SMILES string of the molecule is CCCCOc1ccc(C=Nc2ccc(/C=C/c3ccc(N=Cc4ccc(OCCCC)c(OCCCC)c4OCCCC)cc3)cc2)c(OCCCC)c1OCCCC. The van der Waals surface area contributed by atoms with E-state index in [0.717, 1.165) is 122 Å². The molecule has 0 spiro atoms. The van der Waals surface area contributed by atoms with Crippen molar-refractivity contribution >= 4 is 36.0 Å². The Morgan fingerprint density at radius 2 is 0.650 bits per heavy atom. The molecule has 0 aliphatic rings. The number of aliphatic imine (C=N–C) groups is 2. The van der Waals surface area contributed by atoms with E-state index < -0.39 is 0 Å². The van der Waals surface area contributed by atoms with Gasteiger partial charge < -0.3 is 28.4 Å². The highest BCUT2D eigenvalue weighted by atomic mass is 16.5. The Morgan fingerprint density at radius 3 is 0.967 bits per heavy atom. The van der Waals surface area contributed by atoms with Crippen LogP contribution in [-0.4, -0.2) is 52.1 Å². The molecule has 4 aromatic rings. The average molecular weight is 819 g/mol. The Kier molecular flexibility index (Phi) is 22.3. The van der Waals surface area contributed by atoms with E-state index in [-0.39, 0.29) is 0 Å². The molecule has 0 amide bonds. The van der Waals surface area contributed by atoms with Crippen LogP contribution in [0.5, 0.6) is 34.5 Å². The van der Waals surface area contributed by atoms with Gasteiger partial charge in [-0.3, -0.25) is 9.98 Å². The number of hydrogen-bond acceptors (Lipinski definition) is 8. The fourth-order valence-electron chi connectivity index (χ4n) is 5.87. The highest BCUT2D eigenvalue weighted by Gasteiger charge is 2.19. The smallest absolute Gasteiger partial charge is 0.204 e. The maximum Gasteiger partial charge on any atom is 0.204 e. The van der Waals surface area contributed by atoms with E-state index in [1.165, 1.54) is 0 Å². The van der Waals surface area contributed by atoms with Gasteiger partial charge in [0, 0.05) is 23.6 Å². The van der Waals surface area contributed by atoms with Gasteiger partial charge in [0.2, 0.25) is 11.5 Å². The standard InChI is InChI=1S/C52H70N2O6/c1-7-13-33-55-47-31-25-43(49(57-35-15-9-3)51(47)59-37-17-11-5)39-53-45-27-21-41(22-28-45)19-20-42-23-29-46(30-24-42)54-40-44-26-32-48(56-34-14-8-2)52(60-38-18-12-6)50(44)58-36-16-10-4/h19-32,39-40H,7-18,33-38H2,1-6H3/b20-19+,53-39?,54-40?. The quantitative estimate of drug-likeness (QED) is 0.0296. The van der Waals surface area contributed by atoms with Crippen molar-refractivity contribution in [2.75, 3.05) is 39.6 Å². The van der Waals surface area contributed by atoms with Crippen LogP contribution in [0.4, 0.5) is 11.4 Å². The molecule has 0 N–H and O–H groups in total. The van der Waals surface area contributed by atoms with Gasteiger partial charge in [-0.15, -0.1) is 0 Å². The summed E-state index contributed by atoms with van der Waals surface area (Å²) in [6, 6.07) is 24.4. The van der Waals surface area contributed by atoms with Crippen LogP contribution in [0.2, 0.25) is 0 Å². The van der Waals surface area contributed by atoms with Gasteiger partial charge in [-0.05, 0) is 98.2 Å². The summed E-state index contributed by atoms with van der Waals surface area (Å²) in [5.41, 5.74) is 5.59. The molecule has 0 aliphatic carbocycles. The van der Waals surface area contributed by atoms with Crippen LogP contribution >= 0.6 is 0 Å². The van der Waals surface area contributed by atoms with Crippen LogP contribution in [0.1, 0.15) is 141 Å². The molecule has 0 radical (unpaired) electrons. The van der Waals surface area contributed by atoms with E-state index in [2.05, 4.69) is 78.0 Å². The molecule has 0 bridgehead atoms. The third-order valence-electron chi connectivity index (χ3n) is 9.66. The van der Waals surface area contributed by atoms with E-state index in [4.69, 9.17) is 38.4 Å². The van der Waals surface area contributed by atoms with Crippen molar-refractivity contribution < 1.29 is 28.4 Å². The zero-order valence-electron chi connectivity index (χ0n) is 37.3. The van der Waals surface area contributed by atoms with Crippen molar-refractivity contribution in [3.63, 3.8) is 0 Å². The minimum Gasteiger partial charge on any atom is -0.490 e. The van der Waals surface area contributed by atoms with Crippen LogP contribution in [0.15, 0.2) is 82.8 Å². The molecule has 4 aromatic carbocycles. The van der Waals surface area contributed by atoms with Gasteiger partial charge in [0.25, 0.3) is 0 Å². The van der Waals surface area contributed by atoms with Crippen LogP contribution in [-0.2, 0) is 0 Å². The number of rotatable bonds is 30. The average Bonchev–Trinajstić information content (AvgIpc) is 3.27. The Hall–Kier alpha value is -5.24. The van der Waals surface area contributed by atoms with E-state index in [1.54, 1.807) is 0 Å². The summed E-state index contributed by atoms with van der Waals surface area (Å²) in [5.74, 6) is 4.17. The molecule has 0 aromatic heterocycles. The lowest BCUT2D eigenvalue weighted by Crippen LogP contribution is -2.07. The normalized spacial score (nSPS) is 11.5. The zero-order valence-corrected chi connectivity index (χ0v) is 37.3. The third kappa shape index (κ3) is 16.1. The largest absolute Gasteiger partial charge is 0.490 e. The van der Waals surface area contributed by atoms with E-state index in [9.17, 15) is 0 Å². The number of ether oxygens (including phenoxy) is 6. The monoisotopic (exact) mass is 819 g/mol. The summed E-state index contributed by atoms with van der Waals surface area (Å²) >= 11 is 0. The van der Waals surface area contributed by atoms with Crippen LogP contribution in [0.25, 0.3) is 12.2 Å². The highest BCUT2D eigenvalue weighted by Crippen LogP contribution is 2.42. The summed E-state index contributed by atoms with van der Waals surface area (Å²) < 4.78 is 37.6. The van der Waals surface area contributed by atoms with Crippen molar-refractivity contribution in [3.05, 3.63) is 95.1 Å². The third-order valence-corrected chi connectivity index (χ3v) is 9.66. The molecule has 324 valence electrons. The lowest BCUT2D eigenvalue weighted by atomic mass is 10.1. The molecule has 0 unspecified atom stereocenters. The fraction of sp³-hybridized carbons (Fsp3) is 0.462. The lowest BCUT2D eigenvalue weighted by Gasteiger charge is -2.19. The van der Waals surface area contributed by atoms with Crippen molar-refractivity contribution in [1.82, 2.24) is 0 Å². The van der Waals surface area contributed by atoms with Gasteiger partial charge in [0.15, 0.2) is 23.0 Å². The topological polar surface area (TPSA) is 80.1 Å². The maximum absolute atomic E-state index is 6.34. The van der Waals surface area contributed by atoms with Gasteiger partial charge in [0.1, 0.15) is 0 Å². The lowest BCUT2D eigenvalue weighted by molar-refractivity contribution is 0.237. The molecule has 4 rings (SSSR count). The molecular weight excluding hydrogens is 749 g/mol. The molecule has 0 saturated carbocycles. The summed E-state index contributed by atoms with van der Waals surface area (Å²) in [6.45, 7) is 16.7.